The van der Waals surface area contributed by atoms with Crippen molar-refractivity contribution >= 4 is 45.9 Å². The van der Waals surface area contributed by atoms with Crippen LogP contribution in [-0.4, -0.2) is 18.5 Å². The predicted octanol–water partition coefficient (Wildman–Crippen LogP) is 3.72. The van der Waals surface area contributed by atoms with Crippen LogP contribution in [-0.2, 0) is 9.53 Å². The molecule has 0 saturated carbocycles. The van der Waals surface area contributed by atoms with Gasteiger partial charge in [-0.25, -0.2) is 4.79 Å². The van der Waals surface area contributed by atoms with Crippen LogP contribution in [0.25, 0.3) is 0 Å². The van der Waals surface area contributed by atoms with Crippen molar-refractivity contribution in [2.75, 3.05) is 6.61 Å². The van der Waals surface area contributed by atoms with E-state index in [9.17, 15) is 13.6 Å². The van der Waals surface area contributed by atoms with Gasteiger partial charge in [-0.1, -0.05) is 17.7 Å². The van der Waals surface area contributed by atoms with Crippen molar-refractivity contribution in [3.05, 3.63) is 33.3 Å². The zero-order valence-corrected chi connectivity index (χ0v) is 13.0. The van der Waals surface area contributed by atoms with Gasteiger partial charge in [-0.05, 0) is 40.5 Å². The van der Waals surface area contributed by atoms with Gasteiger partial charge in [-0.2, -0.15) is 8.78 Å². The predicted molar refractivity (Wildman–Crippen MR) is 74.9 cm³/mol. The summed E-state index contributed by atoms with van der Waals surface area (Å²) in [6.07, 6.45) is 0. The highest BCUT2D eigenvalue weighted by Crippen LogP contribution is 2.33. The summed E-state index contributed by atoms with van der Waals surface area (Å²) in [5.41, 5.74) is 5.50. The molecular formula is C11H12BrCl2F2NO2. The maximum atomic E-state index is 13.7. The maximum absolute atomic E-state index is 13.7. The molecule has 0 aliphatic rings. The minimum Gasteiger partial charge on any atom is -0.462 e. The zero-order chi connectivity index (χ0) is 13.9. The maximum Gasteiger partial charge on any atom is 0.379 e. The Morgan fingerprint density at radius 1 is 1.58 bits per heavy atom. The van der Waals surface area contributed by atoms with Crippen LogP contribution in [0.3, 0.4) is 0 Å². The Bertz CT molecular complexity index is 460. The molecule has 0 radical (unpaired) electrons. The fraction of sp³-hybridized carbons (Fsp3) is 0.364. The first-order chi connectivity index (χ1) is 8.30. The molecule has 19 heavy (non-hydrogen) atoms. The minimum absolute atomic E-state index is 0. The molecule has 1 aromatic carbocycles. The quantitative estimate of drug-likeness (QED) is 0.812. The SMILES string of the molecule is CCOC(=O)C(F)(F)[C@@H](N)c1ccc(Cl)c(Br)c1.Cl. The summed E-state index contributed by atoms with van der Waals surface area (Å²) in [5, 5.41) is 0.366. The van der Waals surface area contributed by atoms with Crippen molar-refractivity contribution in [1.29, 1.82) is 0 Å². The summed E-state index contributed by atoms with van der Waals surface area (Å²) in [4.78, 5) is 11.1. The van der Waals surface area contributed by atoms with Crippen molar-refractivity contribution in [3.63, 3.8) is 0 Å². The molecule has 0 saturated heterocycles. The number of carbonyl (C=O) groups excluding carboxylic acids is 1. The Kier molecular flexibility index (Phi) is 7.21. The minimum atomic E-state index is -3.79. The molecule has 1 rings (SSSR count). The molecule has 0 bridgehead atoms. The van der Waals surface area contributed by atoms with E-state index in [0.29, 0.717) is 9.50 Å². The first-order valence-electron chi connectivity index (χ1n) is 5.06. The number of hydrogen-bond donors (Lipinski definition) is 1. The molecule has 0 unspecified atom stereocenters. The number of alkyl halides is 2. The summed E-state index contributed by atoms with van der Waals surface area (Å²) in [7, 11) is 0. The first kappa shape index (κ1) is 18.6. The van der Waals surface area contributed by atoms with Crippen LogP contribution in [0.4, 0.5) is 8.78 Å². The van der Waals surface area contributed by atoms with Crippen molar-refractivity contribution in [2.24, 2.45) is 5.73 Å². The van der Waals surface area contributed by atoms with Crippen molar-refractivity contribution in [1.82, 2.24) is 0 Å². The van der Waals surface area contributed by atoms with Gasteiger partial charge in [0.1, 0.15) is 6.04 Å². The van der Waals surface area contributed by atoms with E-state index in [0.717, 1.165) is 0 Å². The molecule has 0 spiro atoms. The molecule has 0 aromatic heterocycles. The Hall–Kier alpha value is -0.430. The molecular weight excluding hydrogens is 367 g/mol. The highest BCUT2D eigenvalue weighted by Gasteiger charge is 2.47. The van der Waals surface area contributed by atoms with Gasteiger partial charge in [0.05, 0.1) is 11.6 Å². The number of esters is 1. The molecule has 0 amide bonds. The Morgan fingerprint density at radius 3 is 2.63 bits per heavy atom. The van der Waals surface area contributed by atoms with E-state index in [4.69, 9.17) is 17.3 Å². The lowest BCUT2D eigenvalue weighted by molar-refractivity contribution is -0.174. The standard InChI is InChI=1S/C11H11BrClF2NO2.ClH/c1-2-18-10(17)11(14,15)9(16)6-3-4-8(13)7(12)5-6;/h3-5,9H,2,16H2,1H3;1H/t9-;/m0./s1. The number of nitrogens with two attached hydrogens (primary N) is 1. The lowest BCUT2D eigenvalue weighted by Gasteiger charge is -2.22. The van der Waals surface area contributed by atoms with Crippen LogP contribution >= 0.6 is 39.9 Å². The molecule has 108 valence electrons. The van der Waals surface area contributed by atoms with Crippen LogP contribution < -0.4 is 5.73 Å². The van der Waals surface area contributed by atoms with E-state index in [1.165, 1.54) is 25.1 Å². The molecule has 1 atom stereocenters. The van der Waals surface area contributed by atoms with E-state index < -0.39 is 17.9 Å². The average Bonchev–Trinajstić information content (AvgIpc) is 2.32. The van der Waals surface area contributed by atoms with Crippen LogP contribution in [0.2, 0.25) is 5.02 Å². The van der Waals surface area contributed by atoms with Gasteiger partial charge < -0.3 is 10.5 Å². The van der Waals surface area contributed by atoms with Gasteiger partial charge in [0.2, 0.25) is 0 Å². The number of ether oxygens (including phenoxy) is 1. The Labute approximate surface area is 129 Å². The Balaban J connectivity index is 0.00000324. The second kappa shape index (κ2) is 7.38. The fourth-order valence-corrected chi connectivity index (χ4v) is 1.78. The molecule has 0 heterocycles. The molecule has 2 N–H and O–H groups in total. The van der Waals surface area contributed by atoms with Crippen molar-refractivity contribution in [3.8, 4) is 0 Å². The number of hydrogen-bond acceptors (Lipinski definition) is 3. The van der Waals surface area contributed by atoms with Gasteiger partial charge in [-0.3, -0.25) is 0 Å². The summed E-state index contributed by atoms with van der Waals surface area (Å²) in [6.45, 7) is 1.31. The van der Waals surface area contributed by atoms with Crippen LogP contribution in [0.5, 0.6) is 0 Å². The lowest BCUT2D eigenvalue weighted by Crippen LogP contribution is -2.41. The molecule has 8 heteroatoms. The molecule has 0 aliphatic heterocycles. The molecule has 0 aliphatic carbocycles. The largest absolute Gasteiger partial charge is 0.462 e. The summed E-state index contributed by atoms with van der Waals surface area (Å²) >= 11 is 8.85. The monoisotopic (exact) mass is 377 g/mol. The third-order valence-electron chi connectivity index (χ3n) is 2.24. The van der Waals surface area contributed by atoms with E-state index in [-0.39, 0.29) is 24.6 Å². The van der Waals surface area contributed by atoms with Gasteiger partial charge in [0, 0.05) is 4.47 Å². The number of benzene rings is 1. The number of rotatable bonds is 4. The second-order valence-electron chi connectivity index (χ2n) is 3.49. The summed E-state index contributed by atoms with van der Waals surface area (Å²) in [5.74, 6) is -5.42. The Morgan fingerprint density at radius 2 is 2.16 bits per heavy atom. The van der Waals surface area contributed by atoms with E-state index in [1.54, 1.807) is 0 Å². The first-order valence-corrected chi connectivity index (χ1v) is 6.23. The van der Waals surface area contributed by atoms with E-state index in [1.807, 2.05) is 0 Å². The second-order valence-corrected chi connectivity index (χ2v) is 4.76. The van der Waals surface area contributed by atoms with Crippen LogP contribution in [0, 0.1) is 0 Å². The van der Waals surface area contributed by atoms with Gasteiger partial charge in [0.15, 0.2) is 0 Å². The van der Waals surface area contributed by atoms with E-state index in [2.05, 4.69) is 20.7 Å². The number of halogens is 5. The van der Waals surface area contributed by atoms with Gasteiger partial charge in [-0.15, -0.1) is 12.4 Å². The zero-order valence-electron chi connectivity index (χ0n) is 9.83. The lowest BCUT2D eigenvalue weighted by atomic mass is 10.0. The topological polar surface area (TPSA) is 52.3 Å². The van der Waals surface area contributed by atoms with E-state index >= 15 is 0 Å². The average molecular weight is 379 g/mol. The van der Waals surface area contributed by atoms with Crippen LogP contribution in [0.1, 0.15) is 18.5 Å². The smallest absolute Gasteiger partial charge is 0.379 e. The van der Waals surface area contributed by atoms with Gasteiger partial charge >= 0.3 is 11.9 Å². The van der Waals surface area contributed by atoms with Gasteiger partial charge in [0.25, 0.3) is 0 Å². The molecule has 1 aromatic rings. The fourth-order valence-electron chi connectivity index (χ4n) is 1.27. The summed E-state index contributed by atoms with van der Waals surface area (Å²) in [6, 6.07) is 2.32. The molecule has 0 fully saturated rings. The van der Waals surface area contributed by atoms with Crippen LogP contribution in [0.15, 0.2) is 22.7 Å². The highest BCUT2D eigenvalue weighted by atomic mass is 79.9. The molecule has 3 nitrogen and oxygen atoms in total. The van der Waals surface area contributed by atoms with Crippen molar-refractivity contribution in [2.45, 2.75) is 18.9 Å². The number of carbonyl (C=O) groups is 1. The summed E-state index contributed by atoms with van der Waals surface area (Å²) < 4.78 is 32.1. The third-order valence-corrected chi connectivity index (χ3v) is 3.45. The van der Waals surface area contributed by atoms with Crippen molar-refractivity contribution < 1.29 is 18.3 Å². The normalized spacial score (nSPS) is 12.5. The highest BCUT2D eigenvalue weighted by molar-refractivity contribution is 9.10. The third kappa shape index (κ3) is 4.27.